The number of carbonyl (C=O) groups is 2. The third-order valence-corrected chi connectivity index (χ3v) is 4.92. The number of hydrogen-bond acceptors (Lipinski definition) is 3. The van der Waals surface area contributed by atoms with Crippen LogP contribution in [0.15, 0.2) is 42.5 Å². The zero-order valence-corrected chi connectivity index (χ0v) is 15.7. The Hall–Kier alpha value is -2.73. The number of ketones is 1. The van der Waals surface area contributed by atoms with E-state index in [1.165, 1.54) is 11.0 Å². The van der Waals surface area contributed by atoms with Gasteiger partial charge in [-0.3, -0.25) is 9.59 Å². The maximum atomic E-state index is 13.9. The summed E-state index contributed by atoms with van der Waals surface area (Å²) in [7, 11) is 0. The summed E-state index contributed by atoms with van der Waals surface area (Å²) >= 11 is 0. The van der Waals surface area contributed by atoms with Crippen LogP contribution < -0.4 is 15.1 Å². The zero-order chi connectivity index (χ0) is 19.4. The Balaban J connectivity index is 1.50. The van der Waals surface area contributed by atoms with Gasteiger partial charge in [0.15, 0.2) is 12.3 Å². The summed E-state index contributed by atoms with van der Waals surface area (Å²) in [5.41, 5.74) is 2.85. The lowest BCUT2D eigenvalue weighted by atomic mass is 10.1. The first-order chi connectivity index (χ1) is 12.9. The van der Waals surface area contributed by atoms with Gasteiger partial charge in [-0.2, -0.15) is 0 Å². The Labute approximate surface area is 158 Å². The lowest BCUT2D eigenvalue weighted by Crippen LogP contribution is -3.15. The van der Waals surface area contributed by atoms with E-state index >= 15 is 0 Å². The first-order valence-electron chi connectivity index (χ1n) is 9.18. The molecule has 0 bridgehead atoms. The Morgan fingerprint density at radius 3 is 2.37 bits per heavy atom. The van der Waals surface area contributed by atoms with Gasteiger partial charge in [-0.05, 0) is 55.8 Å². The predicted molar refractivity (Wildman–Crippen MR) is 104 cm³/mol. The molecule has 2 N–H and O–H groups in total. The van der Waals surface area contributed by atoms with Crippen molar-refractivity contribution in [2.45, 2.75) is 13.8 Å². The van der Waals surface area contributed by atoms with Gasteiger partial charge in [0.05, 0.1) is 31.9 Å². The minimum absolute atomic E-state index is 0.0619. The van der Waals surface area contributed by atoms with Gasteiger partial charge in [0.25, 0.3) is 5.91 Å². The van der Waals surface area contributed by atoms with Crippen LogP contribution in [0.4, 0.5) is 15.8 Å². The second-order valence-electron chi connectivity index (χ2n) is 7.05. The molecule has 2 aromatic rings. The molecule has 0 atom stereocenters. The SMILES string of the molecule is CC(=O)c1ccc(N2CC[NH+](CC(=O)Nc3ccc(C)cc3F)CC2)cc1. The molecule has 27 heavy (non-hydrogen) atoms. The van der Waals surface area contributed by atoms with Gasteiger partial charge in [-0.1, -0.05) is 6.07 Å². The maximum Gasteiger partial charge on any atom is 0.279 e. The predicted octanol–water partition coefficient (Wildman–Crippen LogP) is 1.68. The number of nitrogens with zero attached hydrogens (tertiary/aromatic N) is 1. The van der Waals surface area contributed by atoms with E-state index in [9.17, 15) is 14.0 Å². The molecule has 6 heteroatoms. The van der Waals surface area contributed by atoms with Crippen LogP contribution >= 0.6 is 0 Å². The highest BCUT2D eigenvalue weighted by molar-refractivity contribution is 5.94. The molecule has 2 aromatic carbocycles. The summed E-state index contributed by atoms with van der Waals surface area (Å²) in [6, 6.07) is 12.4. The lowest BCUT2D eigenvalue weighted by molar-refractivity contribution is -0.892. The quantitative estimate of drug-likeness (QED) is 0.788. The smallest absolute Gasteiger partial charge is 0.279 e. The topological polar surface area (TPSA) is 53.9 Å². The van der Waals surface area contributed by atoms with Crippen molar-refractivity contribution in [3.8, 4) is 0 Å². The summed E-state index contributed by atoms with van der Waals surface area (Å²) in [5, 5.41) is 2.66. The van der Waals surface area contributed by atoms with Crippen LogP contribution in [0.3, 0.4) is 0 Å². The third kappa shape index (κ3) is 4.92. The molecule has 142 valence electrons. The second-order valence-corrected chi connectivity index (χ2v) is 7.05. The Morgan fingerprint density at radius 1 is 1.11 bits per heavy atom. The highest BCUT2D eigenvalue weighted by atomic mass is 19.1. The first-order valence-corrected chi connectivity index (χ1v) is 9.18. The molecule has 0 spiro atoms. The average Bonchev–Trinajstić information content (AvgIpc) is 2.65. The molecule has 1 fully saturated rings. The number of anilines is 2. The van der Waals surface area contributed by atoms with Gasteiger partial charge in [0.1, 0.15) is 5.82 Å². The number of Topliss-reactive ketones (excluding diaryl/α,β-unsaturated/α-hetero) is 1. The van der Waals surface area contributed by atoms with Crippen LogP contribution in [-0.2, 0) is 4.79 Å². The fraction of sp³-hybridized carbons (Fsp3) is 0.333. The van der Waals surface area contributed by atoms with Gasteiger partial charge in [0, 0.05) is 11.3 Å². The Bertz CT molecular complexity index is 828. The molecule has 0 radical (unpaired) electrons. The van der Waals surface area contributed by atoms with Crippen LogP contribution in [0, 0.1) is 12.7 Å². The average molecular weight is 370 g/mol. The summed E-state index contributed by atoms with van der Waals surface area (Å²) < 4.78 is 13.9. The summed E-state index contributed by atoms with van der Waals surface area (Å²) in [5.74, 6) is -0.518. The standard InChI is InChI=1S/C21H24FN3O2/c1-15-3-8-20(19(22)13-15)23-21(27)14-24-9-11-25(12-10-24)18-6-4-17(5-7-18)16(2)26/h3-8,13H,9-12,14H2,1-2H3,(H,23,27)/p+1. The number of rotatable bonds is 5. The van der Waals surface area contributed by atoms with Crippen molar-refractivity contribution in [1.29, 1.82) is 0 Å². The van der Waals surface area contributed by atoms with Crippen LogP contribution in [0.5, 0.6) is 0 Å². The Kier molecular flexibility index (Phi) is 5.86. The molecule has 5 nitrogen and oxygen atoms in total. The molecule has 1 heterocycles. The van der Waals surface area contributed by atoms with E-state index < -0.39 is 5.82 Å². The van der Waals surface area contributed by atoms with Crippen LogP contribution in [0.2, 0.25) is 0 Å². The van der Waals surface area contributed by atoms with Crippen molar-refractivity contribution >= 4 is 23.1 Å². The van der Waals surface area contributed by atoms with Crippen molar-refractivity contribution in [3.05, 3.63) is 59.4 Å². The number of nitrogens with one attached hydrogen (secondary N) is 2. The molecule has 1 saturated heterocycles. The largest absolute Gasteiger partial charge is 0.360 e. The van der Waals surface area contributed by atoms with E-state index in [2.05, 4.69) is 10.2 Å². The molecule has 0 aromatic heterocycles. The Morgan fingerprint density at radius 2 is 1.78 bits per heavy atom. The summed E-state index contributed by atoms with van der Waals surface area (Å²) in [4.78, 5) is 27.0. The van der Waals surface area contributed by atoms with E-state index in [1.807, 2.05) is 31.2 Å². The first kappa shape index (κ1) is 19.0. The van der Waals surface area contributed by atoms with Crippen molar-refractivity contribution < 1.29 is 18.9 Å². The molecule has 3 rings (SSSR count). The molecule has 0 aliphatic carbocycles. The highest BCUT2D eigenvalue weighted by Gasteiger charge is 2.22. The maximum absolute atomic E-state index is 13.9. The van der Waals surface area contributed by atoms with Gasteiger partial charge in [-0.15, -0.1) is 0 Å². The number of piperazine rings is 1. The number of carbonyl (C=O) groups excluding carboxylic acids is 2. The zero-order valence-electron chi connectivity index (χ0n) is 15.7. The highest BCUT2D eigenvalue weighted by Crippen LogP contribution is 2.16. The molecule has 1 aliphatic heterocycles. The number of aryl methyl sites for hydroxylation is 1. The van der Waals surface area contributed by atoms with Crippen LogP contribution in [-0.4, -0.2) is 44.4 Å². The summed E-state index contributed by atoms with van der Waals surface area (Å²) in [6.07, 6.45) is 0. The fourth-order valence-electron chi connectivity index (χ4n) is 3.31. The number of quaternary nitrogens is 1. The monoisotopic (exact) mass is 370 g/mol. The number of amides is 1. The van der Waals surface area contributed by atoms with E-state index in [0.717, 1.165) is 37.4 Å². The van der Waals surface area contributed by atoms with Crippen LogP contribution in [0.1, 0.15) is 22.8 Å². The number of halogens is 1. The van der Waals surface area contributed by atoms with E-state index in [1.54, 1.807) is 19.1 Å². The number of benzene rings is 2. The number of hydrogen-bond donors (Lipinski definition) is 2. The van der Waals surface area contributed by atoms with Crippen LogP contribution in [0.25, 0.3) is 0 Å². The van der Waals surface area contributed by atoms with Gasteiger partial charge >= 0.3 is 0 Å². The van der Waals surface area contributed by atoms with Crippen molar-refractivity contribution in [2.75, 3.05) is 42.9 Å². The van der Waals surface area contributed by atoms with Gasteiger partial charge in [-0.25, -0.2) is 4.39 Å². The minimum atomic E-state index is -0.405. The minimum Gasteiger partial charge on any atom is -0.360 e. The lowest BCUT2D eigenvalue weighted by Gasteiger charge is -2.33. The van der Waals surface area contributed by atoms with Gasteiger partial charge < -0.3 is 15.1 Å². The molecule has 1 aliphatic rings. The van der Waals surface area contributed by atoms with Crippen molar-refractivity contribution in [3.63, 3.8) is 0 Å². The van der Waals surface area contributed by atoms with Crippen molar-refractivity contribution in [1.82, 2.24) is 0 Å². The molecule has 1 amide bonds. The fourth-order valence-corrected chi connectivity index (χ4v) is 3.31. The van der Waals surface area contributed by atoms with E-state index in [-0.39, 0.29) is 17.4 Å². The van der Waals surface area contributed by atoms with E-state index in [0.29, 0.717) is 12.1 Å². The second kappa shape index (κ2) is 8.31. The van der Waals surface area contributed by atoms with Gasteiger partial charge in [0.2, 0.25) is 0 Å². The normalized spacial score (nSPS) is 14.9. The summed E-state index contributed by atoms with van der Waals surface area (Å²) in [6.45, 7) is 7.03. The molecular formula is C21H25FN3O2+. The molecule has 0 unspecified atom stereocenters. The van der Waals surface area contributed by atoms with E-state index in [4.69, 9.17) is 0 Å². The third-order valence-electron chi connectivity index (χ3n) is 4.92. The molecular weight excluding hydrogens is 345 g/mol. The molecule has 0 saturated carbocycles. The van der Waals surface area contributed by atoms with Crippen molar-refractivity contribution in [2.24, 2.45) is 0 Å².